The van der Waals surface area contributed by atoms with Crippen LogP contribution in [0.1, 0.15) is 30.1 Å². The number of benzene rings is 2. The average molecular weight is 308 g/mol. The first kappa shape index (κ1) is 16.0. The zero-order valence-corrected chi connectivity index (χ0v) is 13.4. The molecule has 2 heteroatoms. The number of hydrogen-bond acceptors (Lipinski definition) is 2. The van der Waals surface area contributed by atoms with E-state index < -0.39 is 0 Å². The van der Waals surface area contributed by atoms with Crippen LogP contribution in [0.3, 0.4) is 0 Å². The van der Waals surface area contributed by atoms with Gasteiger partial charge in [0.15, 0.2) is 0 Å². The molecule has 1 aliphatic heterocycles. The van der Waals surface area contributed by atoms with Crippen LogP contribution in [0.4, 0.5) is 0 Å². The summed E-state index contributed by atoms with van der Waals surface area (Å²) in [5.41, 5.74) is 2.50. The molecule has 0 aromatic heterocycles. The highest BCUT2D eigenvalue weighted by Crippen LogP contribution is 2.35. The number of ether oxygens (including phenoxy) is 2. The van der Waals surface area contributed by atoms with Crippen LogP contribution in [0.5, 0.6) is 0 Å². The van der Waals surface area contributed by atoms with E-state index in [9.17, 15) is 0 Å². The molecule has 2 aromatic carbocycles. The third-order valence-electron chi connectivity index (χ3n) is 4.19. The predicted molar refractivity (Wildman–Crippen MR) is 93.1 cm³/mol. The molecular formula is C21H24O2. The molecule has 1 heterocycles. The normalized spacial score (nSPS) is 21.0. The summed E-state index contributed by atoms with van der Waals surface area (Å²) in [5, 5.41) is 0. The summed E-state index contributed by atoms with van der Waals surface area (Å²) in [6.07, 6.45) is 6.79. The Bertz CT molecular complexity index is 592. The van der Waals surface area contributed by atoms with Crippen molar-refractivity contribution in [1.82, 2.24) is 0 Å². The van der Waals surface area contributed by atoms with Crippen molar-refractivity contribution in [3.8, 4) is 0 Å². The molecule has 0 radical (unpaired) electrons. The summed E-state index contributed by atoms with van der Waals surface area (Å²) < 4.78 is 11.6. The van der Waals surface area contributed by atoms with Crippen molar-refractivity contribution in [1.29, 1.82) is 0 Å². The van der Waals surface area contributed by atoms with E-state index >= 15 is 0 Å². The first-order valence-electron chi connectivity index (χ1n) is 8.38. The first-order chi connectivity index (χ1) is 11.4. The van der Waals surface area contributed by atoms with Crippen LogP contribution in [0, 0.1) is 5.92 Å². The molecule has 0 N–H and O–H groups in total. The molecule has 2 aromatic rings. The lowest BCUT2D eigenvalue weighted by Crippen LogP contribution is -2.05. The maximum atomic E-state index is 5.91. The van der Waals surface area contributed by atoms with Gasteiger partial charge in [0, 0.05) is 12.5 Å². The minimum Gasteiger partial charge on any atom is -0.376 e. The van der Waals surface area contributed by atoms with Crippen molar-refractivity contribution < 1.29 is 9.47 Å². The molecule has 120 valence electrons. The van der Waals surface area contributed by atoms with Gasteiger partial charge in [0.25, 0.3) is 0 Å². The molecule has 0 bridgehead atoms. The van der Waals surface area contributed by atoms with Crippen molar-refractivity contribution in [2.75, 3.05) is 13.2 Å². The van der Waals surface area contributed by atoms with Gasteiger partial charge in [0.2, 0.25) is 0 Å². The second-order valence-electron chi connectivity index (χ2n) is 5.91. The van der Waals surface area contributed by atoms with Gasteiger partial charge >= 0.3 is 0 Å². The molecule has 0 unspecified atom stereocenters. The van der Waals surface area contributed by atoms with E-state index in [1.807, 2.05) is 24.3 Å². The number of rotatable bonds is 7. The standard InChI is InChI=1S/C21H24O2/c1-3-9-18(10-4-1)17-22-15-8-7-13-20-14-16-23-21(20)19-11-5-2-6-12-19/h1-7,9-13,20-21H,8,14-17H2/b13-7+/t20-,21+/m1/s1. The van der Waals surface area contributed by atoms with Gasteiger partial charge in [0.1, 0.15) is 0 Å². The Morgan fingerprint density at radius 1 is 1.00 bits per heavy atom. The second-order valence-corrected chi connectivity index (χ2v) is 5.91. The topological polar surface area (TPSA) is 18.5 Å². The molecule has 0 aliphatic carbocycles. The molecule has 1 aliphatic rings. The largest absolute Gasteiger partial charge is 0.376 e. The summed E-state index contributed by atoms with van der Waals surface area (Å²) in [5.74, 6) is 0.478. The zero-order valence-electron chi connectivity index (χ0n) is 13.4. The van der Waals surface area contributed by atoms with Crippen molar-refractivity contribution in [3.05, 3.63) is 83.9 Å². The number of hydrogen-bond donors (Lipinski definition) is 0. The lowest BCUT2D eigenvalue weighted by atomic mass is 9.95. The molecule has 1 saturated heterocycles. The first-order valence-corrected chi connectivity index (χ1v) is 8.38. The fourth-order valence-corrected chi connectivity index (χ4v) is 2.98. The molecule has 23 heavy (non-hydrogen) atoms. The summed E-state index contributed by atoms with van der Waals surface area (Å²) in [6.45, 7) is 2.29. The van der Waals surface area contributed by atoms with E-state index in [1.165, 1.54) is 11.1 Å². The molecule has 2 atom stereocenters. The molecule has 1 fully saturated rings. The molecule has 0 spiro atoms. The maximum Gasteiger partial charge on any atom is 0.0888 e. The van der Waals surface area contributed by atoms with Crippen molar-refractivity contribution in [2.45, 2.75) is 25.6 Å². The Balaban J connectivity index is 1.41. The van der Waals surface area contributed by atoms with Crippen LogP contribution in [0.15, 0.2) is 72.8 Å². The Labute approximate surface area is 138 Å². The lowest BCUT2D eigenvalue weighted by Gasteiger charge is -2.15. The summed E-state index contributed by atoms with van der Waals surface area (Å²) in [7, 11) is 0. The fourth-order valence-electron chi connectivity index (χ4n) is 2.98. The second kappa shape index (κ2) is 8.66. The summed E-state index contributed by atoms with van der Waals surface area (Å²) >= 11 is 0. The third kappa shape index (κ3) is 4.78. The highest BCUT2D eigenvalue weighted by atomic mass is 16.5. The van der Waals surface area contributed by atoms with Gasteiger partial charge < -0.3 is 9.47 Å². The van der Waals surface area contributed by atoms with Gasteiger partial charge in [-0.15, -0.1) is 0 Å². The zero-order chi connectivity index (χ0) is 15.7. The van der Waals surface area contributed by atoms with Gasteiger partial charge in [-0.3, -0.25) is 0 Å². The average Bonchev–Trinajstić information content (AvgIpc) is 3.08. The van der Waals surface area contributed by atoms with Gasteiger partial charge in [-0.05, 0) is 24.0 Å². The van der Waals surface area contributed by atoms with Gasteiger partial charge in [-0.1, -0.05) is 72.8 Å². The molecule has 0 saturated carbocycles. The quantitative estimate of drug-likeness (QED) is 0.533. The predicted octanol–water partition coefficient (Wildman–Crippen LogP) is 4.93. The van der Waals surface area contributed by atoms with Crippen LogP contribution in [0.2, 0.25) is 0 Å². The summed E-state index contributed by atoms with van der Waals surface area (Å²) in [4.78, 5) is 0. The van der Waals surface area contributed by atoms with E-state index in [-0.39, 0.29) is 6.10 Å². The van der Waals surface area contributed by atoms with E-state index in [4.69, 9.17) is 9.47 Å². The van der Waals surface area contributed by atoms with Crippen LogP contribution >= 0.6 is 0 Å². The van der Waals surface area contributed by atoms with Crippen molar-refractivity contribution in [3.63, 3.8) is 0 Å². The van der Waals surface area contributed by atoms with Crippen molar-refractivity contribution >= 4 is 0 Å². The molecule has 3 rings (SSSR count). The van der Waals surface area contributed by atoms with Crippen molar-refractivity contribution in [2.24, 2.45) is 5.92 Å². The monoisotopic (exact) mass is 308 g/mol. The Kier molecular flexibility index (Phi) is 6.01. The minimum absolute atomic E-state index is 0.206. The van der Waals surface area contributed by atoms with E-state index in [0.29, 0.717) is 12.5 Å². The van der Waals surface area contributed by atoms with Crippen LogP contribution in [0.25, 0.3) is 0 Å². The van der Waals surface area contributed by atoms with E-state index in [0.717, 1.165) is 26.1 Å². The molecular weight excluding hydrogens is 284 g/mol. The van der Waals surface area contributed by atoms with Crippen LogP contribution < -0.4 is 0 Å². The summed E-state index contributed by atoms with van der Waals surface area (Å²) in [6, 6.07) is 20.8. The van der Waals surface area contributed by atoms with E-state index in [1.54, 1.807) is 0 Å². The van der Waals surface area contributed by atoms with Gasteiger partial charge in [0.05, 0.1) is 19.3 Å². The van der Waals surface area contributed by atoms with Crippen LogP contribution in [-0.2, 0) is 16.1 Å². The Hall–Kier alpha value is -1.90. The minimum atomic E-state index is 0.206. The Morgan fingerprint density at radius 2 is 1.74 bits per heavy atom. The lowest BCUT2D eigenvalue weighted by molar-refractivity contribution is 0.0993. The highest BCUT2D eigenvalue weighted by molar-refractivity contribution is 5.20. The molecule has 2 nitrogen and oxygen atoms in total. The molecule has 0 amide bonds. The fraction of sp³-hybridized carbons (Fsp3) is 0.333. The van der Waals surface area contributed by atoms with E-state index in [2.05, 4.69) is 48.6 Å². The van der Waals surface area contributed by atoms with Gasteiger partial charge in [-0.2, -0.15) is 0 Å². The highest BCUT2D eigenvalue weighted by Gasteiger charge is 2.27. The SMILES string of the molecule is C(=C\[C@@H]1CCO[C@H]1c1ccccc1)/CCOCc1ccccc1. The Morgan fingerprint density at radius 3 is 2.52 bits per heavy atom. The van der Waals surface area contributed by atoms with Gasteiger partial charge in [-0.25, -0.2) is 0 Å². The van der Waals surface area contributed by atoms with Crippen LogP contribution in [-0.4, -0.2) is 13.2 Å². The third-order valence-corrected chi connectivity index (χ3v) is 4.19. The maximum absolute atomic E-state index is 5.91. The smallest absolute Gasteiger partial charge is 0.0888 e.